The van der Waals surface area contributed by atoms with Crippen molar-refractivity contribution in [1.29, 1.82) is 0 Å². The van der Waals surface area contributed by atoms with Crippen LogP contribution < -0.4 is 11.2 Å². The summed E-state index contributed by atoms with van der Waals surface area (Å²) in [7, 11) is 3.02. The highest BCUT2D eigenvalue weighted by molar-refractivity contribution is 6.30. The fourth-order valence-corrected chi connectivity index (χ4v) is 4.13. The van der Waals surface area contributed by atoms with Gasteiger partial charge < -0.3 is 0 Å². The zero-order valence-corrected chi connectivity index (χ0v) is 16.9. The fraction of sp³-hybridized carbons (Fsp3) is 0.333. The van der Waals surface area contributed by atoms with Crippen LogP contribution in [0.25, 0.3) is 22.2 Å². The van der Waals surface area contributed by atoms with Crippen LogP contribution in [0.3, 0.4) is 0 Å². The molecule has 1 aliphatic carbocycles. The normalized spacial score (nSPS) is 15.7. The number of pyridine rings is 1. The van der Waals surface area contributed by atoms with E-state index in [1.54, 1.807) is 31.3 Å². The Morgan fingerprint density at radius 3 is 2.25 bits per heavy atom. The number of carbonyl (C=O) groups is 1. The SMILES string of the molecule is Cn1c(=O)c2c(-c3ccc(Cl)cc3)c3c(nc2n(C)c1=O)CC(C)(C)CC3=O. The van der Waals surface area contributed by atoms with Crippen LogP contribution in [0.2, 0.25) is 5.02 Å². The molecule has 1 aliphatic rings. The highest BCUT2D eigenvalue weighted by atomic mass is 35.5. The molecule has 7 heteroatoms. The topological polar surface area (TPSA) is 74.0 Å². The number of Topliss-reactive ketones (excluding diaryl/α,β-unsaturated/α-hetero) is 1. The second kappa shape index (κ2) is 6.14. The maximum Gasteiger partial charge on any atom is 0.332 e. The number of ketones is 1. The van der Waals surface area contributed by atoms with Gasteiger partial charge in [0.2, 0.25) is 0 Å². The first-order valence-electron chi connectivity index (χ1n) is 9.02. The highest BCUT2D eigenvalue weighted by Gasteiger charge is 2.36. The van der Waals surface area contributed by atoms with Crippen molar-refractivity contribution in [1.82, 2.24) is 14.1 Å². The molecule has 144 valence electrons. The van der Waals surface area contributed by atoms with Gasteiger partial charge in [0.05, 0.1) is 11.1 Å². The van der Waals surface area contributed by atoms with Crippen LogP contribution in [-0.4, -0.2) is 19.9 Å². The molecule has 0 unspecified atom stereocenters. The minimum Gasteiger partial charge on any atom is -0.294 e. The van der Waals surface area contributed by atoms with E-state index in [2.05, 4.69) is 4.98 Å². The zero-order valence-electron chi connectivity index (χ0n) is 16.2. The molecule has 0 N–H and O–H groups in total. The molecule has 2 aromatic heterocycles. The molecular weight excluding hydrogens is 378 g/mol. The van der Waals surface area contributed by atoms with Crippen molar-refractivity contribution >= 4 is 28.4 Å². The van der Waals surface area contributed by atoms with E-state index in [1.165, 1.54) is 11.6 Å². The standard InChI is InChI=1S/C21H20ClN3O3/c1-21(2)9-13-16(14(26)10-21)15(11-5-7-12(22)8-6-11)17-18(23-13)24(3)20(28)25(4)19(17)27/h5-8H,9-10H2,1-4H3. The maximum atomic E-state index is 13.1. The van der Waals surface area contributed by atoms with Crippen LogP contribution in [0, 0.1) is 5.41 Å². The number of aromatic nitrogens is 3. The third-order valence-corrected chi connectivity index (χ3v) is 5.61. The lowest BCUT2D eigenvalue weighted by atomic mass is 9.73. The van der Waals surface area contributed by atoms with Gasteiger partial charge in [-0.25, -0.2) is 9.78 Å². The minimum absolute atomic E-state index is 0.0403. The van der Waals surface area contributed by atoms with Gasteiger partial charge in [0.1, 0.15) is 5.65 Å². The van der Waals surface area contributed by atoms with Crippen molar-refractivity contribution < 1.29 is 4.79 Å². The van der Waals surface area contributed by atoms with Crippen molar-refractivity contribution in [3.05, 3.63) is 61.4 Å². The van der Waals surface area contributed by atoms with E-state index in [9.17, 15) is 14.4 Å². The fourth-order valence-electron chi connectivity index (χ4n) is 4.01. The van der Waals surface area contributed by atoms with E-state index < -0.39 is 11.2 Å². The molecule has 1 aromatic carbocycles. The summed E-state index contributed by atoms with van der Waals surface area (Å²) >= 11 is 6.04. The number of nitrogens with zero attached hydrogens (tertiary/aromatic N) is 3. The molecule has 0 saturated heterocycles. The van der Waals surface area contributed by atoms with E-state index in [4.69, 9.17) is 11.6 Å². The lowest BCUT2D eigenvalue weighted by molar-refractivity contribution is 0.0911. The zero-order chi connectivity index (χ0) is 20.4. The predicted molar refractivity (Wildman–Crippen MR) is 109 cm³/mol. The summed E-state index contributed by atoms with van der Waals surface area (Å²) in [6.45, 7) is 4.04. The molecule has 0 spiro atoms. The van der Waals surface area contributed by atoms with Gasteiger partial charge in [-0.1, -0.05) is 37.6 Å². The van der Waals surface area contributed by atoms with Gasteiger partial charge in [0.25, 0.3) is 5.56 Å². The van der Waals surface area contributed by atoms with Crippen molar-refractivity contribution in [2.45, 2.75) is 26.7 Å². The molecular formula is C21H20ClN3O3. The first kappa shape index (κ1) is 18.6. The summed E-state index contributed by atoms with van der Waals surface area (Å²) in [6.07, 6.45) is 0.966. The van der Waals surface area contributed by atoms with Gasteiger partial charge in [-0.15, -0.1) is 0 Å². The molecule has 0 saturated carbocycles. The van der Waals surface area contributed by atoms with Crippen LogP contribution in [0.4, 0.5) is 0 Å². The molecule has 0 atom stereocenters. The Bertz CT molecular complexity index is 1270. The molecule has 0 amide bonds. The molecule has 2 heterocycles. The van der Waals surface area contributed by atoms with Gasteiger partial charge in [-0.05, 0) is 29.5 Å². The number of carbonyl (C=O) groups excluding carboxylic acids is 1. The lowest BCUT2D eigenvalue weighted by Gasteiger charge is -2.31. The highest BCUT2D eigenvalue weighted by Crippen LogP contribution is 2.40. The Kier molecular flexibility index (Phi) is 4.08. The van der Waals surface area contributed by atoms with Crippen molar-refractivity contribution in [3.8, 4) is 11.1 Å². The van der Waals surface area contributed by atoms with Crippen LogP contribution in [-0.2, 0) is 20.5 Å². The van der Waals surface area contributed by atoms with Crippen LogP contribution in [0.5, 0.6) is 0 Å². The molecule has 0 fully saturated rings. The quantitative estimate of drug-likeness (QED) is 0.632. The number of fused-ring (bicyclic) bond motifs is 2. The van der Waals surface area contributed by atoms with Crippen LogP contribution in [0.15, 0.2) is 33.9 Å². The number of rotatable bonds is 1. The smallest absolute Gasteiger partial charge is 0.294 e. The number of benzene rings is 1. The Morgan fingerprint density at radius 1 is 0.964 bits per heavy atom. The summed E-state index contributed by atoms with van der Waals surface area (Å²) in [5.41, 5.74) is 1.49. The van der Waals surface area contributed by atoms with E-state index in [0.29, 0.717) is 45.9 Å². The number of aryl methyl sites for hydroxylation is 1. The van der Waals surface area contributed by atoms with Crippen LogP contribution in [0.1, 0.15) is 36.3 Å². The van der Waals surface area contributed by atoms with Crippen molar-refractivity contribution in [3.63, 3.8) is 0 Å². The van der Waals surface area contributed by atoms with Gasteiger partial charge in [0.15, 0.2) is 5.78 Å². The van der Waals surface area contributed by atoms with Gasteiger partial charge in [-0.2, -0.15) is 0 Å². The summed E-state index contributed by atoms with van der Waals surface area (Å²) in [5, 5.41) is 0.836. The van der Waals surface area contributed by atoms with E-state index in [-0.39, 0.29) is 16.6 Å². The molecule has 4 rings (SSSR count). The maximum absolute atomic E-state index is 13.1. The molecule has 28 heavy (non-hydrogen) atoms. The average Bonchev–Trinajstić information content (AvgIpc) is 2.63. The molecule has 6 nitrogen and oxygen atoms in total. The van der Waals surface area contributed by atoms with E-state index >= 15 is 0 Å². The van der Waals surface area contributed by atoms with Gasteiger partial charge >= 0.3 is 5.69 Å². The third-order valence-electron chi connectivity index (χ3n) is 5.36. The summed E-state index contributed by atoms with van der Waals surface area (Å²) in [5.74, 6) is -0.0403. The molecule has 0 radical (unpaired) electrons. The van der Waals surface area contributed by atoms with Crippen molar-refractivity contribution in [2.24, 2.45) is 19.5 Å². The molecule has 3 aromatic rings. The number of hydrogen-bond donors (Lipinski definition) is 0. The number of halogens is 1. The predicted octanol–water partition coefficient (Wildman–Crippen LogP) is 3.11. The Balaban J connectivity index is 2.26. The Labute approximate surface area is 166 Å². The summed E-state index contributed by atoms with van der Waals surface area (Å²) < 4.78 is 2.41. The van der Waals surface area contributed by atoms with Crippen molar-refractivity contribution in [2.75, 3.05) is 0 Å². The van der Waals surface area contributed by atoms with E-state index in [0.717, 1.165) is 4.57 Å². The monoisotopic (exact) mass is 397 g/mol. The molecule has 0 bridgehead atoms. The lowest BCUT2D eigenvalue weighted by Crippen LogP contribution is -2.38. The van der Waals surface area contributed by atoms with Gasteiger partial charge in [0, 0.05) is 36.7 Å². The minimum atomic E-state index is -0.462. The molecule has 0 aliphatic heterocycles. The second-order valence-corrected chi connectivity index (χ2v) is 8.60. The summed E-state index contributed by atoms with van der Waals surface area (Å²) in [6, 6.07) is 7.02. The average molecular weight is 398 g/mol. The van der Waals surface area contributed by atoms with E-state index in [1.807, 2.05) is 13.8 Å². The third kappa shape index (κ3) is 2.71. The number of hydrogen-bond acceptors (Lipinski definition) is 4. The first-order chi connectivity index (χ1) is 13.1. The largest absolute Gasteiger partial charge is 0.332 e. The second-order valence-electron chi connectivity index (χ2n) is 8.16. The Hall–Kier alpha value is -2.73. The summed E-state index contributed by atoms with van der Waals surface area (Å²) in [4.78, 5) is 43.3. The van der Waals surface area contributed by atoms with Gasteiger partial charge in [-0.3, -0.25) is 18.7 Å². The first-order valence-corrected chi connectivity index (χ1v) is 9.40. The Morgan fingerprint density at radius 2 is 1.61 bits per heavy atom. The van der Waals surface area contributed by atoms with Crippen LogP contribution >= 0.6 is 11.6 Å².